The highest BCUT2D eigenvalue weighted by Crippen LogP contribution is 2.23. The molecule has 1 rings (SSSR count). The van der Waals surface area contributed by atoms with Gasteiger partial charge in [0, 0.05) is 19.4 Å². The Morgan fingerprint density at radius 1 is 1.21 bits per heavy atom. The normalized spacial score (nSPS) is 11.8. The third-order valence-corrected chi connectivity index (χ3v) is 2.70. The predicted molar refractivity (Wildman–Crippen MR) is 77.2 cm³/mol. The lowest BCUT2D eigenvalue weighted by Crippen LogP contribution is -2.29. The molecule has 1 atom stereocenters. The number of anilines is 2. The van der Waals surface area contributed by atoms with Gasteiger partial charge in [-0.25, -0.2) is 0 Å². The van der Waals surface area contributed by atoms with Gasteiger partial charge in [-0.3, -0.25) is 9.59 Å². The summed E-state index contributed by atoms with van der Waals surface area (Å²) >= 11 is 0. The molecular formula is C14H21N3O2. The molecule has 0 radical (unpaired) electrons. The second-order valence-electron chi connectivity index (χ2n) is 4.68. The summed E-state index contributed by atoms with van der Waals surface area (Å²) < 4.78 is 0. The zero-order chi connectivity index (χ0) is 14.4. The summed E-state index contributed by atoms with van der Waals surface area (Å²) in [4.78, 5) is 23.1. The Hall–Kier alpha value is -1.88. The molecule has 19 heavy (non-hydrogen) atoms. The molecular weight excluding hydrogens is 242 g/mol. The Labute approximate surface area is 113 Å². The molecule has 0 spiro atoms. The van der Waals surface area contributed by atoms with E-state index in [0.717, 1.165) is 5.56 Å². The van der Waals surface area contributed by atoms with Gasteiger partial charge in [-0.15, -0.1) is 0 Å². The van der Waals surface area contributed by atoms with Gasteiger partial charge < -0.3 is 16.0 Å². The van der Waals surface area contributed by atoms with E-state index in [1.54, 1.807) is 13.1 Å². The van der Waals surface area contributed by atoms with Crippen LogP contribution in [0.15, 0.2) is 18.2 Å². The lowest BCUT2D eigenvalue weighted by Gasteiger charge is -2.15. The van der Waals surface area contributed by atoms with Gasteiger partial charge in [0.2, 0.25) is 11.8 Å². The Balaban J connectivity index is 2.89. The molecule has 3 N–H and O–H groups in total. The minimum Gasteiger partial charge on any atom is -0.325 e. The fourth-order valence-electron chi connectivity index (χ4n) is 1.71. The van der Waals surface area contributed by atoms with Crippen LogP contribution < -0.4 is 16.0 Å². The molecule has 0 aliphatic rings. The number of hydrogen-bond acceptors (Lipinski definition) is 3. The van der Waals surface area contributed by atoms with E-state index in [2.05, 4.69) is 16.0 Å². The molecule has 1 aromatic rings. The largest absolute Gasteiger partial charge is 0.325 e. The molecule has 0 bridgehead atoms. The summed E-state index contributed by atoms with van der Waals surface area (Å²) in [5, 5.41) is 8.52. The third-order valence-electron chi connectivity index (χ3n) is 2.70. The van der Waals surface area contributed by atoms with Crippen LogP contribution >= 0.6 is 0 Å². The van der Waals surface area contributed by atoms with Crippen molar-refractivity contribution >= 4 is 23.2 Å². The summed E-state index contributed by atoms with van der Waals surface area (Å²) in [5.74, 6) is -0.384. The number of benzene rings is 1. The van der Waals surface area contributed by atoms with Gasteiger partial charge in [-0.05, 0) is 31.7 Å². The second-order valence-corrected chi connectivity index (χ2v) is 4.68. The molecule has 0 heterocycles. The number of aryl methyl sites for hydroxylation is 1. The summed E-state index contributed by atoms with van der Waals surface area (Å²) in [6.45, 7) is 5.83. The lowest BCUT2D eigenvalue weighted by molar-refractivity contribution is -0.119. The van der Waals surface area contributed by atoms with Gasteiger partial charge in [0.05, 0.1) is 11.4 Å². The van der Waals surface area contributed by atoms with Crippen LogP contribution in [0.1, 0.15) is 19.4 Å². The van der Waals surface area contributed by atoms with Crippen molar-refractivity contribution in [2.45, 2.75) is 20.8 Å². The van der Waals surface area contributed by atoms with Crippen LogP contribution in [0.4, 0.5) is 11.4 Å². The van der Waals surface area contributed by atoms with Crippen molar-refractivity contribution in [3.05, 3.63) is 23.8 Å². The minimum absolute atomic E-state index is 0.0773. The molecule has 0 saturated heterocycles. The van der Waals surface area contributed by atoms with Crippen LogP contribution in [-0.2, 0) is 9.59 Å². The van der Waals surface area contributed by atoms with Crippen molar-refractivity contribution in [3.8, 4) is 0 Å². The van der Waals surface area contributed by atoms with E-state index in [1.807, 2.05) is 26.0 Å². The molecule has 5 nitrogen and oxygen atoms in total. The van der Waals surface area contributed by atoms with Gasteiger partial charge in [0.15, 0.2) is 0 Å². The van der Waals surface area contributed by atoms with Crippen molar-refractivity contribution in [1.82, 2.24) is 5.32 Å². The molecule has 2 amide bonds. The van der Waals surface area contributed by atoms with Crippen LogP contribution in [0, 0.1) is 12.8 Å². The quantitative estimate of drug-likeness (QED) is 0.758. The fraction of sp³-hybridized carbons (Fsp3) is 0.429. The summed E-state index contributed by atoms with van der Waals surface area (Å²) in [6.07, 6.45) is 0. The van der Waals surface area contributed by atoms with Crippen molar-refractivity contribution in [1.29, 1.82) is 0 Å². The van der Waals surface area contributed by atoms with Crippen LogP contribution in [0.5, 0.6) is 0 Å². The number of carbonyl (C=O) groups is 2. The monoisotopic (exact) mass is 263 g/mol. The Morgan fingerprint density at radius 2 is 1.89 bits per heavy atom. The average molecular weight is 263 g/mol. The first kappa shape index (κ1) is 15.2. The van der Waals surface area contributed by atoms with Gasteiger partial charge in [-0.2, -0.15) is 0 Å². The predicted octanol–water partition coefficient (Wildman–Crippen LogP) is 1.75. The Morgan fingerprint density at radius 3 is 2.47 bits per heavy atom. The number of rotatable bonds is 5. The van der Waals surface area contributed by atoms with Gasteiger partial charge >= 0.3 is 0 Å². The van der Waals surface area contributed by atoms with E-state index in [1.165, 1.54) is 6.92 Å². The van der Waals surface area contributed by atoms with Crippen LogP contribution in [0.2, 0.25) is 0 Å². The van der Waals surface area contributed by atoms with Crippen LogP contribution in [0.25, 0.3) is 0 Å². The van der Waals surface area contributed by atoms with Crippen LogP contribution in [-0.4, -0.2) is 25.4 Å². The van der Waals surface area contributed by atoms with Crippen LogP contribution in [0.3, 0.4) is 0 Å². The van der Waals surface area contributed by atoms with Gasteiger partial charge in [0.25, 0.3) is 0 Å². The van der Waals surface area contributed by atoms with Gasteiger partial charge in [0.1, 0.15) is 0 Å². The Bertz CT molecular complexity index is 472. The third kappa shape index (κ3) is 4.71. The molecule has 5 heteroatoms. The maximum atomic E-state index is 12.0. The summed E-state index contributed by atoms with van der Waals surface area (Å²) in [7, 11) is 1.80. The highest BCUT2D eigenvalue weighted by atomic mass is 16.2. The molecule has 0 aliphatic heterocycles. The zero-order valence-corrected chi connectivity index (χ0v) is 11.8. The number of hydrogen-bond donors (Lipinski definition) is 3. The van der Waals surface area contributed by atoms with E-state index in [9.17, 15) is 9.59 Å². The van der Waals surface area contributed by atoms with E-state index in [4.69, 9.17) is 0 Å². The van der Waals surface area contributed by atoms with E-state index in [0.29, 0.717) is 17.9 Å². The highest BCUT2D eigenvalue weighted by Gasteiger charge is 2.14. The van der Waals surface area contributed by atoms with Crippen molar-refractivity contribution in [2.24, 2.45) is 5.92 Å². The van der Waals surface area contributed by atoms with E-state index in [-0.39, 0.29) is 17.7 Å². The highest BCUT2D eigenvalue weighted by molar-refractivity contribution is 5.99. The zero-order valence-electron chi connectivity index (χ0n) is 11.8. The molecule has 1 aromatic carbocycles. The van der Waals surface area contributed by atoms with E-state index < -0.39 is 0 Å². The maximum Gasteiger partial charge on any atom is 0.228 e. The Kier molecular flexibility index (Phi) is 5.51. The van der Waals surface area contributed by atoms with E-state index >= 15 is 0 Å². The first-order chi connectivity index (χ1) is 8.93. The molecule has 0 aliphatic carbocycles. The number of carbonyl (C=O) groups excluding carboxylic acids is 2. The second kappa shape index (κ2) is 6.89. The molecule has 104 valence electrons. The van der Waals surface area contributed by atoms with Crippen molar-refractivity contribution < 1.29 is 9.59 Å². The maximum absolute atomic E-state index is 12.0. The molecule has 0 fully saturated rings. The lowest BCUT2D eigenvalue weighted by atomic mass is 10.1. The average Bonchev–Trinajstić information content (AvgIpc) is 2.32. The first-order valence-corrected chi connectivity index (χ1v) is 6.27. The van der Waals surface area contributed by atoms with Gasteiger partial charge in [-0.1, -0.05) is 13.0 Å². The molecule has 1 unspecified atom stereocenters. The number of nitrogens with one attached hydrogen (secondary N) is 3. The summed E-state index contributed by atoms with van der Waals surface area (Å²) in [5.41, 5.74) is 2.26. The van der Waals surface area contributed by atoms with Crippen molar-refractivity contribution in [3.63, 3.8) is 0 Å². The van der Waals surface area contributed by atoms with Crippen molar-refractivity contribution in [2.75, 3.05) is 24.2 Å². The standard InChI is InChI=1S/C14H21N3O2/c1-9-5-6-12(16-11(3)18)13(7-9)17-14(19)10(2)8-15-4/h5-7,10,15H,8H2,1-4H3,(H,16,18)(H,17,19). The number of amides is 2. The molecule has 0 aromatic heterocycles. The molecule has 0 saturated carbocycles. The first-order valence-electron chi connectivity index (χ1n) is 6.27. The fourth-order valence-corrected chi connectivity index (χ4v) is 1.71. The SMILES string of the molecule is CNCC(C)C(=O)Nc1cc(C)ccc1NC(C)=O. The topological polar surface area (TPSA) is 70.2 Å². The smallest absolute Gasteiger partial charge is 0.228 e. The summed E-state index contributed by atoms with van der Waals surface area (Å²) in [6, 6.07) is 5.52. The minimum atomic E-state index is -0.164.